The maximum atomic E-state index is 5.42. The summed E-state index contributed by atoms with van der Waals surface area (Å²) >= 11 is 0. The molecule has 0 radical (unpaired) electrons. The van der Waals surface area contributed by atoms with Crippen LogP contribution < -0.4 is 0 Å². The number of aromatic nitrogens is 4. The fourth-order valence-corrected chi connectivity index (χ4v) is 12.9. The highest BCUT2D eigenvalue weighted by Gasteiger charge is 2.30. The Morgan fingerprint density at radius 3 is 1.05 bits per heavy atom. The molecule has 0 aliphatic carbocycles. The van der Waals surface area contributed by atoms with Crippen LogP contribution in [-0.4, -0.2) is 42.8 Å². The van der Waals surface area contributed by atoms with Crippen LogP contribution >= 0.6 is 0 Å². The Hall–Kier alpha value is -12.0. The predicted molar refractivity (Wildman–Crippen MR) is 363 cm³/mol. The lowest BCUT2D eigenvalue weighted by Crippen LogP contribution is -1.96. The van der Waals surface area contributed by atoms with E-state index in [2.05, 4.69) is 301 Å². The Labute approximate surface area is 507 Å². The fraction of sp³-hybridized carbons (Fsp3) is 0. The average molecular weight is 1120 g/mol. The summed E-state index contributed by atoms with van der Waals surface area (Å²) in [7, 11) is 0. The molecule has 8 nitrogen and oxygen atoms in total. The number of aromatic amines is 2. The molecule has 0 saturated carbocycles. The number of rotatable bonds is 4. The summed E-state index contributed by atoms with van der Waals surface area (Å²) in [5.74, 6) is 0. The lowest BCUT2D eigenvalue weighted by atomic mass is 9.91. The second-order valence-corrected chi connectivity index (χ2v) is 22.3. The van der Waals surface area contributed by atoms with E-state index in [0.29, 0.717) is 0 Å². The number of nitrogens with one attached hydrogen (secondary N) is 2. The first-order chi connectivity index (χ1) is 43.6. The highest BCUT2D eigenvalue weighted by molar-refractivity contribution is 6.29. The smallest absolute Gasteiger partial charge is 0.0815 e. The van der Waals surface area contributed by atoms with E-state index in [9.17, 15) is 0 Å². The molecule has 0 unspecified atom stereocenters. The maximum Gasteiger partial charge on any atom is 0.0815 e. The van der Waals surface area contributed by atoms with Crippen molar-refractivity contribution < 1.29 is 0 Å². The van der Waals surface area contributed by atoms with Crippen LogP contribution in [0, 0.1) is 0 Å². The van der Waals surface area contributed by atoms with Gasteiger partial charge in [-0.2, -0.15) is 0 Å². The molecule has 88 heavy (non-hydrogen) atoms. The van der Waals surface area contributed by atoms with Gasteiger partial charge in [-0.25, -0.2) is 29.9 Å². The Morgan fingerprint density at radius 2 is 0.614 bits per heavy atom. The Bertz CT molecular complexity index is 4960. The first kappa shape index (κ1) is 50.5. The summed E-state index contributed by atoms with van der Waals surface area (Å²) in [5.41, 5.74) is 32.4. The van der Waals surface area contributed by atoms with Crippen LogP contribution in [0.4, 0.5) is 0 Å². The molecule has 8 heteroatoms. The number of aliphatic imine (C=N–C) groups is 4. The molecule has 0 spiro atoms. The molecule has 0 atom stereocenters. The predicted octanol–water partition coefficient (Wildman–Crippen LogP) is 18.5. The van der Waals surface area contributed by atoms with E-state index in [1.54, 1.807) is 0 Å². The molecule has 8 aromatic carbocycles. The van der Waals surface area contributed by atoms with Crippen molar-refractivity contribution in [2.24, 2.45) is 20.0 Å². The fourth-order valence-electron chi connectivity index (χ4n) is 12.9. The maximum absolute atomic E-state index is 5.42. The number of benzene rings is 8. The number of allylic oxidation sites excluding steroid dienone is 4. The molecule has 7 aliphatic heterocycles. The highest BCUT2D eigenvalue weighted by atomic mass is 14.9. The van der Waals surface area contributed by atoms with Crippen LogP contribution in [-0.2, 0) is 0 Å². The number of fused-ring (bicyclic) bond motifs is 24. The SMILES string of the molecule is C1=C2N=C(C=C3N=C(C=C4N=C(C=C5N=C1c1ccccc15)c1ccccc14)c1ccccc13)c1ccccc12.C1=Cc2cc3[nH]c(c(-c4ccccc4)c4nc(cc5ccc(cc1n2)[nH]5)C=C4c1ccccc1)c(-c1ccccc1)c3-c1ccccc1. The lowest BCUT2D eigenvalue weighted by Gasteiger charge is -2.12. The molecule has 0 fully saturated rings. The van der Waals surface area contributed by atoms with Gasteiger partial charge >= 0.3 is 0 Å². The van der Waals surface area contributed by atoms with Crippen molar-refractivity contribution in [3.05, 3.63) is 346 Å². The second-order valence-electron chi connectivity index (χ2n) is 22.3. The molecule has 16 bridgehead atoms. The minimum absolute atomic E-state index is 0.884. The average Bonchev–Trinajstić information content (AvgIpc) is 2.29. The van der Waals surface area contributed by atoms with Crippen molar-refractivity contribution >= 4 is 91.5 Å². The largest absolute Gasteiger partial charge is 0.355 e. The number of nitrogens with zero attached hydrogens (tertiary/aromatic N) is 6. The van der Waals surface area contributed by atoms with Gasteiger partial charge in [0.05, 0.1) is 73.9 Å². The third-order valence-electron chi connectivity index (χ3n) is 16.9. The monoisotopic (exact) mass is 1120 g/mol. The summed E-state index contributed by atoms with van der Waals surface area (Å²) in [6.45, 7) is 0. The topological polar surface area (TPSA) is 107 Å². The lowest BCUT2D eigenvalue weighted by molar-refractivity contribution is 1.30. The molecular weight excluding hydrogens is 1070 g/mol. The molecule has 7 aliphatic rings. The van der Waals surface area contributed by atoms with Gasteiger partial charge in [-0.3, -0.25) is 0 Å². The van der Waals surface area contributed by atoms with Crippen LogP contribution in [0.1, 0.15) is 72.8 Å². The molecular formula is C80H50N8. The van der Waals surface area contributed by atoms with E-state index in [0.717, 1.165) is 180 Å². The number of hydrogen-bond acceptors (Lipinski definition) is 6. The Kier molecular flexibility index (Phi) is 12.0. The summed E-state index contributed by atoms with van der Waals surface area (Å²) in [4.78, 5) is 38.5. The zero-order chi connectivity index (χ0) is 58.1. The summed E-state index contributed by atoms with van der Waals surface area (Å²) in [6.07, 6.45) is 14.8. The summed E-state index contributed by atoms with van der Waals surface area (Å²) in [5, 5.41) is 0. The first-order valence-electron chi connectivity index (χ1n) is 29.6. The normalized spacial score (nSPS) is 14.5. The van der Waals surface area contributed by atoms with Crippen LogP contribution in [0.15, 0.2) is 293 Å². The third-order valence-corrected chi connectivity index (χ3v) is 16.9. The molecule has 10 heterocycles. The summed E-state index contributed by atoms with van der Waals surface area (Å²) < 4.78 is 0. The van der Waals surface area contributed by atoms with Crippen molar-refractivity contribution in [2.75, 3.05) is 0 Å². The van der Waals surface area contributed by atoms with Gasteiger partial charge in [-0.05, 0) is 95.1 Å². The van der Waals surface area contributed by atoms with E-state index in [1.807, 2.05) is 0 Å². The van der Waals surface area contributed by atoms with Gasteiger partial charge in [0.25, 0.3) is 0 Å². The number of H-pyrrole nitrogens is 2. The molecule has 3 aromatic heterocycles. The van der Waals surface area contributed by atoms with E-state index in [4.69, 9.17) is 29.9 Å². The number of hydrogen-bond donors (Lipinski definition) is 2. The van der Waals surface area contributed by atoms with Crippen molar-refractivity contribution in [1.29, 1.82) is 0 Å². The molecule has 2 N–H and O–H groups in total. The Balaban J connectivity index is 0.000000139. The highest BCUT2D eigenvalue weighted by Crippen LogP contribution is 2.46. The van der Waals surface area contributed by atoms with E-state index < -0.39 is 0 Å². The van der Waals surface area contributed by atoms with Gasteiger partial charge in [0.2, 0.25) is 0 Å². The molecule has 410 valence electrons. The van der Waals surface area contributed by atoms with Crippen LogP contribution in [0.2, 0.25) is 0 Å². The van der Waals surface area contributed by atoms with Gasteiger partial charge in [0.15, 0.2) is 0 Å². The molecule has 18 rings (SSSR count). The Morgan fingerprint density at radius 1 is 0.261 bits per heavy atom. The van der Waals surface area contributed by atoms with E-state index in [1.165, 1.54) is 0 Å². The van der Waals surface area contributed by atoms with Crippen molar-refractivity contribution in [2.45, 2.75) is 0 Å². The van der Waals surface area contributed by atoms with Gasteiger partial charge in [-0.1, -0.05) is 218 Å². The minimum atomic E-state index is 0.884. The molecule has 0 saturated heterocycles. The van der Waals surface area contributed by atoms with Crippen LogP contribution in [0.3, 0.4) is 0 Å². The van der Waals surface area contributed by atoms with Gasteiger partial charge < -0.3 is 9.97 Å². The molecule has 0 amide bonds. The van der Waals surface area contributed by atoms with Gasteiger partial charge in [0.1, 0.15) is 0 Å². The van der Waals surface area contributed by atoms with Gasteiger partial charge in [0, 0.05) is 83.3 Å². The standard InChI is InChI=1S/C44H30N4.C36H20N4/c1-5-13-29(14-6-1)38-27-37-26-35-22-21-33(45-35)25-34-23-24-36(46-34)28-39-40(30-15-7-2-8-16-30)41(31-17-9-3-10-18-31)44(48-39)42(43(38)47-37)32-19-11-4-12-20-32;1-2-10-22-21(9-1)29-17-31-23-11-3-4-12-24(23)33(38-31)19-35-27-15-7-8-16-28(27)36(40-35)20-34-26-14-6-5-13-25(26)32(39-34)18-30(22)37-29/h1-28,45,48H;1-20H. The minimum Gasteiger partial charge on any atom is -0.355 e. The summed E-state index contributed by atoms with van der Waals surface area (Å²) in [6, 6.07) is 86.6. The zero-order valence-corrected chi connectivity index (χ0v) is 47.4. The third kappa shape index (κ3) is 8.94. The van der Waals surface area contributed by atoms with Gasteiger partial charge in [-0.15, -0.1) is 0 Å². The van der Waals surface area contributed by atoms with Crippen molar-refractivity contribution in [1.82, 2.24) is 19.9 Å². The first-order valence-corrected chi connectivity index (χ1v) is 29.6. The zero-order valence-electron chi connectivity index (χ0n) is 47.4. The molecule has 11 aromatic rings. The van der Waals surface area contributed by atoms with Crippen molar-refractivity contribution in [3.63, 3.8) is 0 Å². The van der Waals surface area contributed by atoms with E-state index in [-0.39, 0.29) is 0 Å². The van der Waals surface area contributed by atoms with E-state index >= 15 is 0 Å². The second kappa shape index (κ2) is 21.0. The quantitative estimate of drug-likeness (QED) is 0.183. The van der Waals surface area contributed by atoms with Crippen LogP contribution in [0.5, 0.6) is 0 Å². The van der Waals surface area contributed by atoms with Crippen molar-refractivity contribution in [3.8, 4) is 33.4 Å². The van der Waals surface area contributed by atoms with Crippen LogP contribution in [0.25, 0.3) is 102 Å².